The van der Waals surface area contributed by atoms with Crippen molar-refractivity contribution in [2.45, 2.75) is 19.0 Å². The highest BCUT2D eigenvalue weighted by Gasteiger charge is 2.25. The van der Waals surface area contributed by atoms with Crippen molar-refractivity contribution in [3.05, 3.63) is 0 Å². The number of nitrogens with one attached hydrogen (secondary N) is 2. The summed E-state index contributed by atoms with van der Waals surface area (Å²) in [5.41, 5.74) is 0. The number of amides is 1. The average Bonchev–Trinajstić information content (AvgIpc) is 2.26. The maximum absolute atomic E-state index is 12.0. The minimum absolute atomic E-state index is 0.0663. The van der Waals surface area contributed by atoms with Crippen LogP contribution in [0, 0.1) is 0 Å². The smallest absolute Gasteiger partial charge is 0.240 e. The average molecular weight is 228 g/mol. The maximum atomic E-state index is 12.0. The normalized spacial score (nSPS) is 25.8. The zero-order chi connectivity index (χ0) is 12.1. The molecular weight excluding hydrogens is 204 g/mol. The van der Waals surface area contributed by atoms with E-state index in [0.29, 0.717) is 6.04 Å². The molecule has 0 spiro atoms. The van der Waals surface area contributed by atoms with Crippen LogP contribution in [0.15, 0.2) is 0 Å². The van der Waals surface area contributed by atoms with Crippen LogP contribution in [0.1, 0.15) is 6.92 Å². The molecule has 1 aliphatic rings. The van der Waals surface area contributed by atoms with Crippen molar-refractivity contribution in [3.8, 4) is 0 Å². The molecular formula is C11H24N4O. The molecule has 1 heterocycles. The van der Waals surface area contributed by atoms with Crippen LogP contribution >= 0.6 is 0 Å². The summed E-state index contributed by atoms with van der Waals surface area (Å²) in [6.45, 7) is 5.38. The van der Waals surface area contributed by atoms with Crippen LogP contribution in [0.2, 0.25) is 0 Å². The molecule has 0 saturated carbocycles. The molecule has 5 nitrogen and oxygen atoms in total. The Balaban J connectivity index is 2.32. The number of carbonyl (C=O) groups is 1. The van der Waals surface area contributed by atoms with Gasteiger partial charge in [-0.05, 0) is 21.0 Å². The highest BCUT2D eigenvalue weighted by atomic mass is 16.2. The number of rotatable bonds is 4. The largest absolute Gasteiger partial charge is 0.343 e. The Bertz CT molecular complexity index is 224. The minimum atomic E-state index is -0.0663. The molecule has 0 aromatic heterocycles. The van der Waals surface area contributed by atoms with Crippen molar-refractivity contribution in [1.82, 2.24) is 20.4 Å². The predicted molar refractivity (Wildman–Crippen MR) is 65.4 cm³/mol. The number of hydrogen-bond acceptors (Lipinski definition) is 4. The fraction of sp³-hybridized carbons (Fsp3) is 0.909. The molecule has 2 unspecified atom stereocenters. The number of piperazine rings is 1. The number of nitrogens with zero attached hydrogens (tertiary/aromatic N) is 2. The van der Waals surface area contributed by atoms with Crippen LogP contribution in [0.5, 0.6) is 0 Å². The van der Waals surface area contributed by atoms with Gasteiger partial charge in [0.2, 0.25) is 5.91 Å². The van der Waals surface area contributed by atoms with E-state index in [-0.39, 0.29) is 11.9 Å². The Morgan fingerprint density at radius 2 is 1.88 bits per heavy atom. The quantitative estimate of drug-likeness (QED) is 0.645. The van der Waals surface area contributed by atoms with Crippen molar-refractivity contribution < 1.29 is 4.79 Å². The zero-order valence-electron chi connectivity index (χ0n) is 10.8. The van der Waals surface area contributed by atoms with Gasteiger partial charge in [-0.25, -0.2) is 0 Å². The fourth-order valence-corrected chi connectivity index (χ4v) is 1.68. The summed E-state index contributed by atoms with van der Waals surface area (Å²) in [6.07, 6.45) is 0. The Hall–Kier alpha value is -0.650. The summed E-state index contributed by atoms with van der Waals surface area (Å²) in [5.74, 6) is 0.182. The first kappa shape index (κ1) is 13.4. The molecule has 94 valence electrons. The maximum Gasteiger partial charge on any atom is 0.240 e. The summed E-state index contributed by atoms with van der Waals surface area (Å²) in [7, 11) is 5.90. The van der Waals surface area contributed by atoms with Crippen molar-refractivity contribution in [3.63, 3.8) is 0 Å². The highest BCUT2D eigenvalue weighted by Crippen LogP contribution is 1.98. The Morgan fingerprint density at radius 1 is 1.19 bits per heavy atom. The van der Waals surface area contributed by atoms with Crippen molar-refractivity contribution >= 4 is 5.91 Å². The Morgan fingerprint density at radius 3 is 2.38 bits per heavy atom. The molecule has 1 saturated heterocycles. The lowest BCUT2D eigenvalue weighted by atomic mass is 10.1. The van der Waals surface area contributed by atoms with E-state index in [9.17, 15) is 4.79 Å². The minimum Gasteiger partial charge on any atom is -0.343 e. The number of hydrogen-bond donors (Lipinski definition) is 2. The molecule has 16 heavy (non-hydrogen) atoms. The molecule has 0 radical (unpaired) electrons. The summed E-state index contributed by atoms with van der Waals surface area (Å²) in [4.78, 5) is 15.9. The van der Waals surface area contributed by atoms with Gasteiger partial charge in [-0.1, -0.05) is 0 Å². The standard InChI is InChI=1S/C11H24N4O/c1-9-7-13-10(8-12-9)11(16)15(4)6-5-14(2)3/h9-10,12-13H,5-8H2,1-4H3. The first-order chi connectivity index (χ1) is 7.50. The van der Waals surface area contributed by atoms with E-state index in [1.807, 2.05) is 21.1 Å². The molecule has 1 fully saturated rings. The van der Waals surface area contributed by atoms with Crippen LogP contribution in [-0.2, 0) is 4.79 Å². The molecule has 0 aliphatic carbocycles. The van der Waals surface area contributed by atoms with Gasteiger partial charge in [0.1, 0.15) is 0 Å². The van der Waals surface area contributed by atoms with E-state index in [1.54, 1.807) is 4.90 Å². The lowest BCUT2D eigenvalue weighted by Crippen LogP contribution is -2.59. The van der Waals surface area contributed by atoms with Gasteiger partial charge in [0.15, 0.2) is 0 Å². The van der Waals surface area contributed by atoms with E-state index in [0.717, 1.165) is 26.2 Å². The second kappa shape index (κ2) is 6.18. The van der Waals surface area contributed by atoms with Crippen molar-refractivity contribution in [1.29, 1.82) is 0 Å². The zero-order valence-corrected chi connectivity index (χ0v) is 10.8. The third-order valence-electron chi connectivity index (χ3n) is 2.90. The summed E-state index contributed by atoms with van der Waals surface area (Å²) >= 11 is 0. The highest BCUT2D eigenvalue weighted by molar-refractivity contribution is 5.82. The molecule has 2 N–H and O–H groups in total. The van der Waals surface area contributed by atoms with Gasteiger partial charge in [-0.3, -0.25) is 4.79 Å². The molecule has 0 bridgehead atoms. The topological polar surface area (TPSA) is 47.6 Å². The van der Waals surface area contributed by atoms with E-state index >= 15 is 0 Å². The van der Waals surface area contributed by atoms with E-state index < -0.39 is 0 Å². The molecule has 2 atom stereocenters. The van der Waals surface area contributed by atoms with E-state index in [2.05, 4.69) is 22.5 Å². The second-order valence-corrected chi connectivity index (χ2v) is 4.83. The number of carbonyl (C=O) groups excluding carboxylic acids is 1. The summed E-state index contributed by atoms with van der Waals surface area (Å²) < 4.78 is 0. The first-order valence-electron chi connectivity index (χ1n) is 5.87. The Kier molecular flexibility index (Phi) is 5.18. The molecule has 1 amide bonds. The van der Waals surface area contributed by atoms with Gasteiger partial charge in [-0.15, -0.1) is 0 Å². The number of likely N-dealkylation sites (N-methyl/N-ethyl adjacent to an activating group) is 2. The van der Waals surface area contributed by atoms with E-state index in [4.69, 9.17) is 0 Å². The van der Waals surface area contributed by atoms with Gasteiger partial charge in [0, 0.05) is 39.3 Å². The van der Waals surface area contributed by atoms with Crippen LogP contribution in [-0.4, -0.2) is 75.1 Å². The molecule has 0 aromatic rings. The lowest BCUT2D eigenvalue weighted by Gasteiger charge is -2.31. The van der Waals surface area contributed by atoms with Gasteiger partial charge >= 0.3 is 0 Å². The van der Waals surface area contributed by atoms with Crippen LogP contribution < -0.4 is 10.6 Å². The SMILES string of the molecule is CC1CNC(C(=O)N(C)CCN(C)C)CN1. The second-order valence-electron chi connectivity index (χ2n) is 4.83. The molecule has 5 heteroatoms. The van der Waals surface area contributed by atoms with Crippen LogP contribution in [0.25, 0.3) is 0 Å². The molecule has 0 aromatic carbocycles. The third-order valence-corrected chi connectivity index (χ3v) is 2.90. The molecule has 1 rings (SSSR count). The monoisotopic (exact) mass is 228 g/mol. The van der Waals surface area contributed by atoms with Gasteiger partial charge < -0.3 is 20.4 Å². The summed E-state index contributed by atoms with van der Waals surface area (Å²) in [5, 5.41) is 6.58. The predicted octanol–water partition coefficient (Wildman–Crippen LogP) is -1.04. The van der Waals surface area contributed by atoms with Crippen LogP contribution in [0.3, 0.4) is 0 Å². The van der Waals surface area contributed by atoms with Gasteiger partial charge in [0.05, 0.1) is 6.04 Å². The van der Waals surface area contributed by atoms with E-state index in [1.165, 1.54) is 0 Å². The van der Waals surface area contributed by atoms with Crippen molar-refractivity contribution in [2.24, 2.45) is 0 Å². The first-order valence-corrected chi connectivity index (χ1v) is 5.87. The third kappa shape index (κ3) is 4.08. The van der Waals surface area contributed by atoms with Crippen molar-refractivity contribution in [2.75, 3.05) is 47.3 Å². The summed E-state index contributed by atoms with van der Waals surface area (Å²) in [6, 6.07) is 0.388. The fourth-order valence-electron chi connectivity index (χ4n) is 1.68. The Labute approximate surface area is 98.2 Å². The lowest BCUT2D eigenvalue weighted by molar-refractivity contribution is -0.132. The van der Waals surface area contributed by atoms with Gasteiger partial charge in [0.25, 0.3) is 0 Å². The van der Waals surface area contributed by atoms with Crippen LogP contribution in [0.4, 0.5) is 0 Å². The van der Waals surface area contributed by atoms with Gasteiger partial charge in [-0.2, -0.15) is 0 Å². The molecule has 1 aliphatic heterocycles.